The Labute approximate surface area is 123 Å². The third kappa shape index (κ3) is 4.93. The summed E-state index contributed by atoms with van der Waals surface area (Å²) in [6, 6.07) is 0.445. The van der Waals surface area contributed by atoms with E-state index in [-0.39, 0.29) is 0 Å². The van der Waals surface area contributed by atoms with Crippen LogP contribution in [0.15, 0.2) is 84.2 Å². The topological polar surface area (TPSA) is 3.24 Å². The normalized spacial score (nSPS) is 20.3. The predicted octanol–water partition coefficient (Wildman–Crippen LogP) is 4.95. The number of rotatable bonds is 5. The maximum atomic E-state index is 3.91. The van der Waals surface area contributed by atoms with E-state index in [0.717, 1.165) is 11.1 Å². The van der Waals surface area contributed by atoms with Gasteiger partial charge in [-0.25, -0.2) is 0 Å². The number of hydrogen-bond donors (Lipinski definition) is 0. The molecule has 0 saturated carbocycles. The zero-order chi connectivity index (χ0) is 15.1. The highest BCUT2D eigenvalue weighted by molar-refractivity contribution is 5.49. The fourth-order valence-electron chi connectivity index (χ4n) is 1.76. The van der Waals surface area contributed by atoms with Gasteiger partial charge in [0.1, 0.15) is 0 Å². The summed E-state index contributed by atoms with van der Waals surface area (Å²) in [6.45, 7) is 14.0. The number of likely N-dealkylation sites (N-methyl/N-ethyl adjacent to an activating group) is 1. The third-order valence-corrected chi connectivity index (χ3v) is 3.25. The van der Waals surface area contributed by atoms with Crippen LogP contribution in [0.4, 0.5) is 0 Å². The minimum absolute atomic E-state index is 0.445. The Morgan fingerprint density at radius 1 is 1.25 bits per heavy atom. The third-order valence-electron chi connectivity index (χ3n) is 3.25. The number of nitrogens with zero attached hydrogens (tertiary/aromatic N) is 1. The van der Waals surface area contributed by atoms with Gasteiger partial charge in [-0.1, -0.05) is 66.8 Å². The second-order valence-corrected chi connectivity index (χ2v) is 5.27. The van der Waals surface area contributed by atoms with Gasteiger partial charge in [-0.15, -0.1) is 0 Å². The molecular formula is C19H25N. The highest BCUT2D eigenvalue weighted by Crippen LogP contribution is 2.20. The maximum Gasteiger partial charge on any atom is 0.0439 e. The van der Waals surface area contributed by atoms with E-state index in [1.165, 1.54) is 11.1 Å². The molecule has 1 atom stereocenters. The maximum absolute atomic E-state index is 3.91. The average molecular weight is 267 g/mol. The van der Waals surface area contributed by atoms with Crippen molar-refractivity contribution in [2.45, 2.75) is 26.8 Å². The van der Waals surface area contributed by atoms with E-state index in [9.17, 15) is 0 Å². The van der Waals surface area contributed by atoms with Gasteiger partial charge >= 0.3 is 0 Å². The second kappa shape index (κ2) is 7.54. The van der Waals surface area contributed by atoms with Gasteiger partial charge in [0.15, 0.2) is 0 Å². The molecule has 0 saturated heterocycles. The lowest BCUT2D eigenvalue weighted by molar-refractivity contribution is 0.400. The van der Waals surface area contributed by atoms with Crippen molar-refractivity contribution in [3.05, 3.63) is 84.2 Å². The molecule has 0 aliphatic carbocycles. The van der Waals surface area contributed by atoms with E-state index in [4.69, 9.17) is 0 Å². The molecule has 1 heteroatoms. The summed E-state index contributed by atoms with van der Waals surface area (Å²) in [5.41, 5.74) is 4.56. The fraction of sp³-hybridized carbons (Fsp3) is 0.263. The van der Waals surface area contributed by atoms with Gasteiger partial charge in [0.25, 0.3) is 0 Å². The Morgan fingerprint density at radius 2 is 1.95 bits per heavy atom. The Bertz CT molecular complexity index is 524. The smallest absolute Gasteiger partial charge is 0.0439 e. The monoisotopic (exact) mass is 267 g/mol. The van der Waals surface area contributed by atoms with Crippen LogP contribution >= 0.6 is 0 Å². The van der Waals surface area contributed by atoms with Crippen LogP contribution in [-0.4, -0.2) is 18.0 Å². The van der Waals surface area contributed by atoms with Crippen molar-refractivity contribution in [2.75, 3.05) is 7.05 Å². The standard InChI is InChI=1S/C19H25N/c1-7-18(12-10-16(4)9-8-15(2)3)19-13-11-17(5)20(6)14-19/h7-14,17H,1-2H2,3-6H3/b9-8-,16-10+,18-12+. The van der Waals surface area contributed by atoms with Crippen molar-refractivity contribution in [1.29, 1.82) is 0 Å². The molecule has 0 aromatic rings. The minimum Gasteiger partial charge on any atom is -0.374 e. The van der Waals surface area contributed by atoms with Gasteiger partial charge in [-0.2, -0.15) is 0 Å². The van der Waals surface area contributed by atoms with Crippen molar-refractivity contribution >= 4 is 0 Å². The highest BCUT2D eigenvalue weighted by atomic mass is 15.1. The van der Waals surface area contributed by atoms with Crippen LogP contribution in [0.1, 0.15) is 20.8 Å². The lowest BCUT2D eigenvalue weighted by Crippen LogP contribution is -2.24. The van der Waals surface area contributed by atoms with Crippen LogP contribution < -0.4 is 0 Å². The Morgan fingerprint density at radius 3 is 2.50 bits per heavy atom. The largest absolute Gasteiger partial charge is 0.374 e. The van der Waals surface area contributed by atoms with Crippen molar-refractivity contribution in [3.8, 4) is 0 Å². The van der Waals surface area contributed by atoms with E-state index in [1.54, 1.807) is 0 Å². The molecule has 106 valence electrons. The quantitative estimate of drug-likeness (QED) is 0.637. The molecule has 1 aliphatic rings. The predicted molar refractivity (Wildman–Crippen MR) is 90.4 cm³/mol. The summed E-state index contributed by atoms with van der Waals surface area (Å²) < 4.78 is 0. The van der Waals surface area contributed by atoms with Crippen molar-refractivity contribution in [2.24, 2.45) is 0 Å². The SMILES string of the molecule is C=C\C(=C/C=C(C)/C=C\C(=C)C)C1=CN(C)C(C)C=C1. The van der Waals surface area contributed by atoms with Crippen LogP contribution in [0.5, 0.6) is 0 Å². The van der Waals surface area contributed by atoms with E-state index in [2.05, 4.69) is 75.5 Å². The van der Waals surface area contributed by atoms with Crippen molar-refractivity contribution in [3.63, 3.8) is 0 Å². The first-order valence-electron chi connectivity index (χ1n) is 6.91. The van der Waals surface area contributed by atoms with Gasteiger partial charge in [-0.05, 0) is 31.9 Å². The van der Waals surface area contributed by atoms with Crippen LogP contribution in [-0.2, 0) is 0 Å². The first-order chi connectivity index (χ1) is 9.43. The first-order valence-corrected chi connectivity index (χ1v) is 6.91. The summed E-state index contributed by atoms with van der Waals surface area (Å²) in [4.78, 5) is 2.20. The molecule has 20 heavy (non-hydrogen) atoms. The molecule has 1 nitrogen and oxygen atoms in total. The van der Waals surface area contributed by atoms with Crippen LogP contribution in [0.25, 0.3) is 0 Å². The van der Waals surface area contributed by atoms with E-state index < -0.39 is 0 Å². The molecule has 1 heterocycles. The summed E-state index contributed by atoms with van der Waals surface area (Å²) in [5.74, 6) is 0. The minimum atomic E-state index is 0.445. The van der Waals surface area contributed by atoms with Gasteiger partial charge in [0.05, 0.1) is 0 Å². The summed E-state index contributed by atoms with van der Waals surface area (Å²) in [5, 5.41) is 0. The molecule has 1 rings (SSSR count). The van der Waals surface area contributed by atoms with Crippen LogP contribution in [0.3, 0.4) is 0 Å². The lowest BCUT2D eigenvalue weighted by Gasteiger charge is -2.25. The van der Waals surface area contributed by atoms with Gasteiger partial charge in [0.2, 0.25) is 0 Å². The molecule has 1 unspecified atom stereocenters. The first kappa shape index (κ1) is 16.0. The Balaban J connectivity index is 2.92. The molecule has 0 spiro atoms. The van der Waals surface area contributed by atoms with Crippen molar-refractivity contribution < 1.29 is 0 Å². The number of allylic oxidation sites excluding steroid dienone is 10. The van der Waals surface area contributed by atoms with Gasteiger partial charge in [0, 0.05) is 19.3 Å². The Hall–Kier alpha value is -2.02. The van der Waals surface area contributed by atoms with E-state index >= 15 is 0 Å². The summed E-state index contributed by atoms with van der Waals surface area (Å²) in [6.07, 6.45) is 16.7. The lowest BCUT2D eigenvalue weighted by atomic mass is 10.0. The van der Waals surface area contributed by atoms with Gasteiger partial charge < -0.3 is 4.90 Å². The second-order valence-electron chi connectivity index (χ2n) is 5.27. The van der Waals surface area contributed by atoms with Crippen LogP contribution in [0.2, 0.25) is 0 Å². The number of hydrogen-bond acceptors (Lipinski definition) is 1. The molecule has 0 fully saturated rings. The molecule has 0 aromatic heterocycles. The Kier molecular flexibility index (Phi) is 6.05. The molecule has 0 amide bonds. The molecule has 0 bridgehead atoms. The molecule has 0 N–H and O–H groups in total. The zero-order valence-corrected chi connectivity index (χ0v) is 13.1. The highest BCUT2D eigenvalue weighted by Gasteiger charge is 2.09. The molecule has 1 aliphatic heterocycles. The molecule has 0 aromatic carbocycles. The van der Waals surface area contributed by atoms with Gasteiger partial charge in [-0.3, -0.25) is 0 Å². The zero-order valence-electron chi connectivity index (χ0n) is 13.1. The summed E-state index contributed by atoms with van der Waals surface area (Å²) >= 11 is 0. The summed E-state index contributed by atoms with van der Waals surface area (Å²) in [7, 11) is 2.09. The molecule has 0 radical (unpaired) electrons. The van der Waals surface area contributed by atoms with E-state index in [1.807, 2.05) is 19.1 Å². The fourth-order valence-corrected chi connectivity index (χ4v) is 1.76. The molecular weight excluding hydrogens is 242 g/mol. The van der Waals surface area contributed by atoms with Crippen LogP contribution in [0, 0.1) is 0 Å². The van der Waals surface area contributed by atoms with E-state index in [0.29, 0.717) is 6.04 Å². The van der Waals surface area contributed by atoms with Crippen molar-refractivity contribution in [1.82, 2.24) is 4.90 Å². The average Bonchev–Trinajstić information content (AvgIpc) is 2.41.